The number of hydrogen-bond donors (Lipinski definition) is 3. The normalized spacial score (nSPS) is 12.3. The molecule has 1 unspecified atom stereocenters. The van der Waals surface area contributed by atoms with Crippen molar-refractivity contribution in [2.45, 2.75) is 51.4 Å². The van der Waals surface area contributed by atoms with E-state index < -0.39 is 44.0 Å². The minimum atomic E-state index is -2.22. The average molecular weight is 668 g/mol. The summed E-state index contributed by atoms with van der Waals surface area (Å²) in [5.74, 6) is -3.80. The van der Waals surface area contributed by atoms with E-state index in [-0.39, 0.29) is 46.5 Å². The summed E-state index contributed by atoms with van der Waals surface area (Å²) in [5, 5.41) is 6.93. The van der Waals surface area contributed by atoms with Gasteiger partial charge in [0.15, 0.2) is 14.4 Å². The first kappa shape index (κ1) is 34.7. The lowest BCUT2D eigenvalue weighted by atomic mass is 10.1. The number of aryl methyl sites for hydroxylation is 1. The van der Waals surface area contributed by atoms with Gasteiger partial charge in [0.1, 0.15) is 17.3 Å². The topological polar surface area (TPSA) is 175 Å². The largest absolute Gasteiger partial charge is 0.448 e. The first-order valence-electron chi connectivity index (χ1n) is 14.4. The number of amides is 2. The van der Waals surface area contributed by atoms with Gasteiger partial charge in [-0.3, -0.25) is 30.1 Å². The highest BCUT2D eigenvalue weighted by molar-refractivity contribution is 6.74. The van der Waals surface area contributed by atoms with Gasteiger partial charge in [-0.05, 0) is 36.3 Å². The van der Waals surface area contributed by atoms with Gasteiger partial charge in [-0.25, -0.2) is 24.1 Å². The number of esters is 1. The molecule has 0 radical (unpaired) electrons. The van der Waals surface area contributed by atoms with Crippen molar-refractivity contribution in [3.63, 3.8) is 0 Å². The van der Waals surface area contributed by atoms with Gasteiger partial charge in [0.05, 0.1) is 23.7 Å². The van der Waals surface area contributed by atoms with Crippen molar-refractivity contribution in [3.8, 4) is 11.3 Å². The number of hydrazine groups is 1. The number of pyridine rings is 2. The van der Waals surface area contributed by atoms with Gasteiger partial charge in [0, 0.05) is 50.2 Å². The molecular formula is C30H35F2N9O5Si. The number of halogens is 2. The summed E-state index contributed by atoms with van der Waals surface area (Å²) in [6, 6.07) is 6.52. The molecule has 4 rings (SSSR count). The van der Waals surface area contributed by atoms with Crippen molar-refractivity contribution in [1.82, 2.24) is 40.6 Å². The molecule has 14 nitrogen and oxygen atoms in total. The molecule has 0 saturated heterocycles. The second kappa shape index (κ2) is 14.5. The number of nitrogens with one attached hydrogen (secondary N) is 3. The van der Waals surface area contributed by atoms with Gasteiger partial charge in [0.25, 0.3) is 11.8 Å². The molecule has 2 amide bonds. The summed E-state index contributed by atoms with van der Waals surface area (Å²) in [7, 11) is -0.495. The molecule has 4 aromatic rings. The van der Waals surface area contributed by atoms with Crippen LogP contribution in [0.3, 0.4) is 0 Å². The van der Waals surface area contributed by atoms with Gasteiger partial charge < -0.3 is 14.5 Å². The zero-order valence-electron chi connectivity index (χ0n) is 26.7. The van der Waals surface area contributed by atoms with E-state index in [2.05, 4.69) is 41.2 Å². The van der Waals surface area contributed by atoms with Crippen LogP contribution in [0.4, 0.5) is 20.5 Å². The smallest absolute Gasteiger partial charge is 0.340 e. The molecule has 0 aliphatic carbocycles. The first-order valence-corrected chi connectivity index (χ1v) is 17.4. The van der Waals surface area contributed by atoms with Crippen LogP contribution < -0.4 is 16.2 Å². The van der Waals surface area contributed by atoms with E-state index in [1.807, 2.05) is 33.9 Å². The zero-order chi connectivity index (χ0) is 34.4. The van der Waals surface area contributed by atoms with Crippen LogP contribution in [0.1, 0.15) is 48.0 Å². The molecule has 1 atom stereocenters. The third-order valence-electron chi connectivity index (χ3n) is 7.47. The average Bonchev–Trinajstić information content (AvgIpc) is 3.41. The van der Waals surface area contributed by atoms with E-state index in [1.165, 1.54) is 18.3 Å². The van der Waals surface area contributed by atoms with Gasteiger partial charge in [-0.15, -0.1) is 0 Å². The molecule has 17 heteroatoms. The molecule has 0 aliphatic heterocycles. The molecule has 47 heavy (non-hydrogen) atoms. The number of rotatable bonds is 11. The molecule has 0 saturated carbocycles. The number of ether oxygens (including phenoxy) is 1. The Morgan fingerprint density at radius 1 is 1.02 bits per heavy atom. The number of aromatic nitrogens is 6. The number of nitrogens with zero attached hydrogens (tertiary/aromatic N) is 6. The number of carbonyl (C=O) groups excluding carboxylic acids is 3. The van der Waals surface area contributed by atoms with Gasteiger partial charge in [-0.1, -0.05) is 20.8 Å². The van der Waals surface area contributed by atoms with E-state index in [4.69, 9.17) is 9.16 Å². The first-order chi connectivity index (χ1) is 22.1. The van der Waals surface area contributed by atoms with Crippen molar-refractivity contribution in [3.05, 3.63) is 78.1 Å². The third-order valence-corrected chi connectivity index (χ3v) is 12.0. The van der Waals surface area contributed by atoms with Crippen LogP contribution in [0.25, 0.3) is 11.3 Å². The van der Waals surface area contributed by atoms with Crippen molar-refractivity contribution in [1.29, 1.82) is 0 Å². The van der Waals surface area contributed by atoms with Crippen LogP contribution in [-0.4, -0.2) is 68.5 Å². The van der Waals surface area contributed by atoms with E-state index in [0.717, 1.165) is 24.5 Å². The Balaban J connectivity index is 1.46. The van der Waals surface area contributed by atoms with E-state index in [0.29, 0.717) is 5.82 Å². The molecule has 0 spiro atoms. The third kappa shape index (κ3) is 9.20. The fourth-order valence-electron chi connectivity index (χ4n) is 3.82. The van der Waals surface area contributed by atoms with Gasteiger partial charge in [-0.2, -0.15) is 9.49 Å². The second-order valence-corrected chi connectivity index (χ2v) is 16.7. The highest BCUT2D eigenvalue weighted by atomic mass is 28.4. The van der Waals surface area contributed by atoms with Crippen molar-refractivity contribution in [2.24, 2.45) is 7.05 Å². The standard InChI is InChI=1S/C30H35F2N9O5Si/c1-30(2,3)47(5,6)45-12-9-23(46-28(44)19-13-20(31)17-33-16-19)27(43)40-39-26(42)22-14-18(15-24(32)36-22)21-7-10-34-29(37-21)38-25-8-11-35-41(25)4/h7-8,10-11,13-17,23H,9,12H2,1-6H3,(H,39,42)(H,40,43)(H,34,37,38). The predicted octanol–water partition coefficient (Wildman–Crippen LogP) is 4.09. The maximum absolute atomic E-state index is 14.6. The minimum absolute atomic E-state index is 0.0579. The Kier molecular flexibility index (Phi) is 10.7. The summed E-state index contributed by atoms with van der Waals surface area (Å²) < 4.78 is 41.3. The van der Waals surface area contributed by atoms with Crippen LogP contribution in [-0.2, 0) is 21.0 Å². The number of hydrogen-bond acceptors (Lipinski definition) is 11. The maximum Gasteiger partial charge on any atom is 0.340 e. The molecule has 0 aliphatic rings. The Morgan fingerprint density at radius 3 is 2.47 bits per heavy atom. The molecular weight excluding hydrogens is 632 g/mol. The molecule has 0 fully saturated rings. The Morgan fingerprint density at radius 2 is 1.79 bits per heavy atom. The summed E-state index contributed by atoms with van der Waals surface area (Å²) in [6.07, 6.45) is 3.53. The minimum Gasteiger partial charge on any atom is -0.448 e. The van der Waals surface area contributed by atoms with E-state index in [1.54, 1.807) is 24.0 Å². The lowest BCUT2D eigenvalue weighted by Gasteiger charge is -2.36. The molecule has 0 aromatic carbocycles. The number of carbonyl (C=O) groups is 3. The molecule has 3 N–H and O–H groups in total. The van der Waals surface area contributed by atoms with Crippen LogP contribution in [0.2, 0.25) is 18.1 Å². The monoisotopic (exact) mass is 667 g/mol. The van der Waals surface area contributed by atoms with Crippen molar-refractivity contribution < 1.29 is 32.3 Å². The molecule has 4 aromatic heterocycles. The molecule has 0 bridgehead atoms. The second-order valence-electron chi connectivity index (χ2n) is 11.9. The fourth-order valence-corrected chi connectivity index (χ4v) is 4.88. The SMILES string of the molecule is Cn1nccc1Nc1nccc(-c2cc(F)nc(C(=O)NNC(=O)C(CCO[Si](C)(C)C(C)(C)C)OC(=O)c3cncc(F)c3)c2)n1. The summed E-state index contributed by atoms with van der Waals surface area (Å²) >= 11 is 0. The van der Waals surface area contributed by atoms with Crippen molar-refractivity contribution in [2.75, 3.05) is 11.9 Å². The van der Waals surface area contributed by atoms with Gasteiger partial charge in [0.2, 0.25) is 11.9 Å². The lowest BCUT2D eigenvalue weighted by molar-refractivity contribution is -0.131. The predicted molar refractivity (Wildman–Crippen MR) is 168 cm³/mol. The molecule has 248 valence electrons. The van der Waals surface area contributed by atoms with E-state index >= 15 is 0 Å². The van der Waals surface area contributed by atoms with E-state index in [9.17, 15) is 23.2 Å². The van der Waals surface area contributed by atoms with Crippen LogP contribution in [0.15, 0.2) is 55.1 Å². The maximum atomic E-state index is 14.6. The highest BCUT2D eigenvalue weighted by Gasteiger charge is 2.37. The van der Waals surface area contributed by atoms with Crippen molar-refractivity contribution >= 4 is 37.9 Å². The summed E-state index contributed by atoms with van der Waals surface area (Å²) in [5.41, 5.74) is 4.26. The Bertz CT molecular complexity index is 1760. The Labute approximate surface area is 270 Å². The highest BCUT2D eigenvalue weighted by Crippen LogP contribution is 2.36. The molecule has 4 heterocycles. The van der Waals surface area contributed by atoms with Gasteiger partial charge >= 0.3 is 5.97 Å². The van der Waals surface area contributed by atoms with Crippen LogP contribution >= 0.6 is 0 Å². The van der Waals surface area contributed by atoms with Crippen LogP contribution in [0.5, 0.6) is 0 Å². The quantitative estimate of drug-likeness (QED) is 0.0909. The Hall–Kier alpha value is -5.16. The number of anilines is 2. The lowest BCUT2D eigenvalue weighted by Crippen LogP contribution is -2.48. The summed E-state index contributed by atoms with van der Waals surface area (Å²) in [6.45, 7) is 10.2. The fraction of sp³-hybridized carbons (Fsp3) is 0.333. The summed E-state index contributed by atoms with van der Waals surface area (Å²) in [4.78, 5) is 54.6. The zero-order valence-corrected chi connectivity index (χ0v) is 27.7. The van der Waals surface area contributed by atoms with Crippen LogP contribution in [0, 0.1) is 11.8 Å².